The molecular formula is C25H29FN6OS. The normalized spacial score (nSPS) is 23.9. The molecule has 178 valence electrons. The number of carbonyl (C=O) groups excluding carboxylic acids is 1. The Morgan fingerprint density at radius 1 is 1.26 bits per heavy atom. The Hall–Kier alpha value is -2.78. The van der Waals surface area contributed by atoms with Gasteiger partial charge in [0.1, 0.15) is 21.3 Å². The average Bonchev–Trinajstić information content (AvgIpc) is 3.48. The minimum Gasteiger partial charge on any atom is -0.397 e. The third-order valence-electron chi connectivity index (χ3n) is 7.63. The molecular weight excluding hydrogens is 451 g/mol. The van der Waals surface area contributed by atoms with E-state index in [2.05, 4.69) is 20.5 Å². The number of pyridine rings is 2. The van der Waals surface area contributed by atoms with Crippen LogP contribution in [0.25, 0.3) is 10.2 Å². The van der Waals surface area contributed by atoms with Gasteiger partial charge in [-0.25, -0.2) is 14.4 Å². The van der Waals surface area contributed by atoms with E-state index in [-0.39, 0.29) is 17.8 Å². The molecule has 3 aliphatic rings. The van der Waals surface area contributed by atoms with Crippen molar-refractivity contribution in [3.05, 3.63) is 45.3 Å². The fraction of sp³-hybridized carbons (Fsp3) is 0.480. The van der Waals surface area contributed by atoms with Crippen LogP contribution in [0.4, 0.5) is 15.9 Å². The largest absolute Gasteiger partial charge is 0.397 e. The van der Waals surface area contributed by atoms with Crippen LogP contribution in [0.5, 0.6) is 0 Å². The van der Waals surface area contributed by atoms with Crippen LogP contribution >= 0.6 is 11.3 Å². The fourth-order valence-corrected chi connectivity index (χ4v) is 7.07. The van der Waals surface area contributed by atoms with Gasteiger partial charge in [-0.3, -0.25) is 4.79 Å². The molecule has 4 N–H and O–H groups in total. The summed E-state index contributed by atoms with van der Waals surface area (Å²) in [5, 5.41) is 7.38. The van der Waals surface area contributed by atoms with Crippen LogP contribution in [0, 0.1) is 25.6 Å². The molecule has 9 heteroatoms. The molecule has 0 aromatic carbocycles. The van der Waals surface area contributed by atoms with Gasteiger partial charge in [0.05, 0.1) is 5.69 Å². The summed E-state index contributed by atoms with van der Waals surface area (Å²) in [7, 11) is 0. The third kappa shape index (κ3) is 3.53. The van der Waals surface area contributed by atoms with Gasteiger partial charge in [-0.05, 0) is 57.1 Å². The molecule has 3 aromatic heterocycles. The van der Waals surface area contributed by atoms with Gasteiger partial charge in [-0.15, -0.1) is 11.3 Å². The molecule has 3 aromatic rings. The standard InChI is InChI=1S/C25H29FN6OS/c1-12-7-13(2)29-25-21(12)22(27)23(34-25)24(33)30-15-3-4-18-16(8-15)17(26)9-20(31-18)32-6-5-14-10-28-11-19(14)32/h7,9,14-15,19,28H,3-6,8,10-11,27H2,1-2H3,(H,30,33). The Morgan fingerprint density at radius 2 is 2.12 bits per heavy atom. The molecule has 1 aliphatic carbocycles. The number of anilines is 2. The lowest BCUT2D eigenvalue weighted by atomic mass is 9.91. The Labute approximate surface area is 202 Å². The monoisotopic (exact) mass is 480 g/mol. The Balaban J connectivity index is 1.21. The van der Waals surface area contributed by atoms with Crippen LogP contribution in [0.1, 0.15) is 45.0 Å². The number of nitrogens with two attached hydrogens (primary N) is 1. The minimum atomic E-state index is -0.218. The quantitative estimate of drug-likeness (QED) is 0.533. The highest BCUT2D eigenvalue weighted by molar-refractivity contribution is 7.21. The number of nitrogen functional groups attached to an aromatic ring is 1. The first-order valence-electron chi connectivity index (χ1n) is 12.0. The van der Waals surface area contributed by atoms with Crippen LogP contribution in [-0.2, 0) is 12.8 Å². The number of hydrogen-bond donors (Lipinski definition) is 3. The topological polar surface area (TPSA) is 96.2 Å². The van der Waals surface area contributed by atoms with Gasteiger partial charge in [0.2, 0.25) is 0 Å². The van der Waals surface area contributed by atoms with Gasteiger partial charge in [0, 0.05) is 60.1 Å². The maximum atomic E-state index is 15.2. The van der Waals surface area contributed by atoms with E-state index in [0.717, 1.165) is 65.5 Å². The molecule has 6 rings (SSSR count). The zero-order chi connectivity index (χ0) is 23.6. The van der Waals surface area contributed by atoms with Gasteiger partial charge >= 0.3 is 0 Å². The van der Waals surface area contributed by atoms with Crippen molar-refractivity contribution in [1.29, 1.82) is 0 Å². The van der Waals surface area contributed by atoms with Crippen LogP contribution in [0.2, 0.25) is 0 Å². The molecule has 2 aliphatic heterocycles. The zero-order valence-electron chi connectivity index (χ0n) is 19.4. The van der Waals surface area contributed by atoms with Crippen LogP contribution in [0.3, 0.4) is 0 Å². The Bertz CT molecular complexity index is 1310. The number of aryl methyl sites for hydroxylation is 3. The van der Waals surface area contributed by atoms with Crippen molar-refractivity contribution in [2.75, 3.05) is 30.3 Å². The van der Waals surface area contributed by atoms with E-state index in [1.165, 1.54) is 11.3 Å². The molecule has 7 nitrogen and oxygen atoms in total. The number of fused-ring (bicyclic) bond motifs is 3. The van der Waals surface area contributed by atoms with E-state index in [9.17, 15) is 4.79 Å². The van der Waals surface area contributed by atoms with Crippen LogP contribution in [0.15, 0.2) is 12.1 Å². The number of rotatable bonds is 3. The molecule has 0 bridgehead atoms. The summed E-state index contributed by atoms with van der Waals surface area (Å²) in [5.41, 5.74) is 10.2. The maximum absolute atomic E-state index is 15.2. The van der Waals surface area contributed by atoms with Crippen molar-refractivity contribution in [2.24, 2.45) is 5.92 Å². The summed E-state index contributed by atoms with van der Waals surface area (Å²) < 4.78 is 15.2. The second-order valence-electron chi connectivity index (χ2n) is 9.87. The summed E-state index contributed by atoms with van der Waals surface area (Å²) in [4.78, 5) is 26.0. The fourth-order valence-electron chi connectivity index (χ4n) is 5.95. The average molecular weight is 481 g/mol. The molecule has 3 atom stereocenters. The van der Waals surface area contributed by atoms with Crippen molar-refractivity contribution in [3.63, 3.8) is 0 Å². The number of amides is 1. The number of carbonyl (C=O) groups is 1. The molecule has 3 unspecified atom stereocenters. The van der Waals surface area contributed by atoms with Crippen molar-refractivity contribution in [1.82, 2.24) is 20.6 Å². The van der Waals surface area contributed by atoms with E-state index < -0.39 is 0 Å². The first kappa shape index (κ1) is 21.7. The number of thiophene rings is 1. The molecule has 2 saturated heterocycles. The predicted molar refractivity (Wildman–Crippen MR) is 133 cm³/mol. The molecule has 0 radical (unpaired) electrons. The first-order chi connectivity index (χ1) is 16.4. The molecule has 5 heterocycles. The number of hydrogen-bond acceptors (Lipinski definition) is 7. The van der Waals surface area contributed by atoms with Crippen molar-refractivity contribution >= 4 is 39.0 Å². The summed E-state index contributed by atoms with van der Waals surface area (Å²) in [6.07, 6.45) is 2.94. The first-order valence-corrected chi connectivity index (χ1v) is 12.8. The lowest BCUT2D eigenvalue weighted by Gasteiger charge is -2.29. The summed E-state index contributed by atoms with van der Waals surface area (Å²) in [6.45, 7) is 6.83. The Kier molecular flexibility index (Phi) is 5.22. The van der Waals surface area contributed by atoms with E-state index in [1.807, 2.05) is 19.9 Å². The van der Waals surface area contributed by atoms with Crippen LogP contribution in [-0.4, -0.2) is 47.6 Å². The van der Waals surface area contributed by atoms with Gasteiger partial charge in [0.25, 0.3) is 5.91 Å². The number of halogens is 1. The molecule has 0 saturated carbocycles. The lowest BCUT2D eigenvalue weighted by Crippen LogP contribution is -2.40. The highest BCUT2D eigenvalue weighted by Gasteiger charge is 2.39. The molecule has 1 amide bonds. The van der Waals surface area contributed by atoms with Crippen molar-refractivity contribution in [3.8, 4) is 0 Å². The minimum absolute atomic E-state index is 0.155. The van der Waals surface area contributed by atoms with Gasteiger partial charge in [-0.1, -0.05) is 0 Å². The molecule has 2 fully saturated rings. The zero-order valence-corrected chi connectivity index (χ0v) is 20.3. The van der Waals surface area contributed by atoms with Gasteiger partial charge in [-0.2, -0.15) is 0 Å². The van der Waals surface area contributed by atoms with Crippen LogP contribution < -0.4 is 21.3 Å². The van der Waals surface area contributed by atoms with E-state index in [1.54, 1.807) is 6.07 Å². The SMILES string of the molecule is Cc1cc(C)c2c(N)c(C(=O)NC3CCc4nc(N5CCC6CNCC65)cc(F)c4C3)sc2n1. The smallest absolute Gasteiger partial charge is 0.263 e. The third-order valence-corrected chi connectivity index (χ3v) is 8.73. The predicted octanol–water partition coefficient (Wildman–Crippen LogP) is 3.11. The Morgan fingerprint density at radius 3 is 2.97 bits per heavy atom. The number of nitrogens with one attached hydrogen (secondary N) is 2. The summed E-state index contributed by atoms with van der Waals surface area (Å²) in [5.74, 6) is 0.953. The van der Waals surface area contributed by atoms with Gasteiger partial charge < -0.3 is 21.3 Å². The van der Waals surface area contributed by atoms with E-state index in [4.69, 9.17) is 10.7 Å². The highest BCUT2D eigenvalue weighted by Crippen LogP contribution is 2.36. The van der Waals surface area contributed by atoms with Crippen molar-refractivity contribution in [2.45, 2.75) is 51.6 Å². The second-order valence-corrected chi connectivity index (χ2v) is 10.9. The molecule has 34 heavy (non-hydrogen) atoms. The lowest BCUT2D eigenvalue weighted by molar-refractivity contribution is 0.0938. The van der Waals surface area contributed by atoms with E-state index >= 15 is 4.39 Å². The number of nitrogens with zero attached hydrogens (tertiary/aromatic N) is 3. The molecule has 0 spiro atoms. The van der Waals surface area contributed by atoms with Crippen molar-refractivity contribution < 1.29 is 9.18 Å². The maximum Gasteiger partial charge on any atom is 0.263 e. The number of aromatic nitrogens is 2. The highest BCUT2D eigenvalue weighted by atomic mass is 32.1. The summed E-state index contributed by atoms with van der Waals surface area (Å²) in [6, 6.07) is 3.82. The van der Waals surface area contributed by atoms with Gasteiger partial charge in [0.15, 0.2) is 0 Å². The van der Waals surface area contributed by atoms with E-state index in [0.29, 0.717) is 40.9 Å². The second kappa shape index (κ2) is 8.16. The summed E-state index contributed by atoms with van der Waals surface area (Å²) >= 11 is 1.32.